The summed E-state index contributed by atoms with van der Waals surface area (Å²) in [6, 6.07) is 19.5. The maximum Gasteiger partial charge on any atom is 0.269 e. The largest absolute Gasteiger partial charge is 0.491 e. The van der Waals surface area contributed by atoms with Gasteiger partial charge < -0.3 is 14.7 Å². The molecule has 0 bridgehead atoms. The molecule has 8 heteroatoms. The van der Waals surface area contributed by atoms with E-state index in [2.05, 4.69) is 0 Å². The molecule has 4 rings (SSSR count). The lowest BCUT2D eigenvalue weighted by molar-refractivity contribution is -0.384. The van der Waals surface area contributed by atoms with Gasteiger partial charge in [0, 0.05) is 26.9 Å². The highest BCUT2D eigenvalue weighted by molar-refractivity contribution is 7.99. The number of β-amino-alcohol motifs (C(OH)–C–C–N with tert-alkyl or cyclic N) is 1. The number of aliphatic hydroxyl groups excluding tert-OH is 1. The molecular weight excluding hydrogens is 412 g/mol. The number of anilines is 2. The second kappa shape index (κ2) is 8.32. The van der Waals surface area contributed by atoms with Gasteiger partial charge in [-0.25, -0.2) is 0 Å². The van der Waals surface area contributed by atoms with E-state index < -0.39 is 11.0 Å². The Kier molecular flexibility index (Phi) is 5.62. The van der Waals surface area contributed by atoms with Gasteiger partial charge in [-0.15, -0.1) is 0 Å². The first-order valence-corrected chi connectivity index (χ1v) is 10.1. The average molecular weight is 429 g/mol. The fraction of sp³-hybridized carbons (Fsp3) is 0.143. The molecule has 0 saturated carbocycles. The van der Waals surface area contributed by atoms with E-state index in [4.69, 9.17) is 16.3 Å². The predicted molar refractivity (Wildman–Crippen MR) is 114 cm³/mol. The van der Waals surface area contributed by atoms with Crippen LogP contribution in [0.4, 0.5) is 17.1 Å². The summed E-state index contributed by atoms with van der Waals surface area (Å²) in [5.41, 5.74) is 1.94. The summed E-state index contributed by atoms with van der Waals surface area (Å²) in [6.07, 6.45) is -0.784. The zero-order chi connectivity index (χ0) is 20.4. The number of ether oxygens (including phenoxy) is 1. The number of fused-ring (bicyclic) bond motifs is 2. The summed E-state index contributed by atoms with van der Waals surface area (Å²) in [6.45, 7) is 0.372. The Balaban J connectivity index is 1.50. The van der Waals surface area contributed by atoms with Crippen LogP contribution < -0.4 is 9.64 Å². The minimum atomic E-state index is -0.784. The lowest BCUT2D eigenvalue weighted by Crippen LogP contribution is -2.34. The van der Waals surface area contributed by atoms with Crippen molar-refractivity contribution in [3.63, 3.8) is 0 Å². The van der Waals surface area contributed by atoms with Gasteiger partial charge in [-0.1, -0.05) is 35.5 Å². The standard InChI is InChI=1S/C21H17ClN2O4S/c22-14-5-10-21-19(11-14)23(18-3-1-2-4-20(18)29-21)12-16(25)13-28-17-8-6-15(7-9-17)24(26)27/h1-11,16,25H,12-13H2. The molecule has 6 nitrogen and oxygen atoms in total. The zero-order valence-electron chi connectivity index (χ0n) is 15.2. The number of aliphatic hydroxyl groups is 1. The van der Waals surface area contributed by atoms with Crippen molar-refractivity contribution in [1.82, 2.24) is 0 Å². The van der Waals surface area contributed by atoms with Crippen molar-refractivity contribution in [2.24, 2.45) is 0 Å². The lowest BCUT2D eigenvalue weighted by Gasteiger charge is -2.34. The Hall–Kier alpha value is -2.74. The van der Waals surface area contributed by atoms with Crippen LogP contribution in [-0.2, 0) is 0 Å². The Bertz CT molecular complexity index is 1050. The Morgan fingerprint density at radius 3 is 2.55 bits per heavy atom. The van der Waals surface area contributed by atoms with Crippen molar-refractivity contribution in [2.45, 2.75) is 15.9 Å². The molecule has 1 aliphatic rings. The van der Waals surface area contributed by atoms with Gasteiger partial charge in [0.25, 0.3) is 5.69 Å². The van der Waals surface area contributed by atoms with Gasteiger partial charge in [0.2, 0.25) is 0 Å². The summed E-state index contributed by atoms with van der Waals surface area (Å²) in [5, 5.41) is 22.0. The molecule has 29 heavy (non-hydrogen) atoms. The van der Waals surface area contributed by atoms with Crippen LogP contribution in [0, 0.1) is 10.1 Å². The van der Waals surface area contributed by atoms with E-state index >= 15 is 0 Å². The monoisotopic (exact) mass is 428 g/mol. The molecule has 0 aliphatic carbocycles. The van der Waals surface area contributed by atoms with Crippen molar-refractivity contribution in [1.29, 1.82) is 0 Å². The molecule has 0 amide bonds. The van der Waals surface area contributed by atoms with E-state index in [0.717, 1.165) is 21.2 Å². The SMILES string of the molecule is O=[N+]([O-])c1ccc(OCC(O)CN2c3ccccc3Sc3ccc(Cl)cc32)cc1. The molecular formula is C21H17ClN2O4S. The van der Waals surface area contributed by atoms with Crippen molar-refractivity contribution >= 4 is 40.4 Å². The minimum absolute atomic E-state index is 0.00573. The summed E-state index contributed by atoms with van der Waals surface area (Å²) in [4.78, 5) is 14.5. The molecule has 1 N–H and O–H groups in total. The maximum absolute atomic E-state index is 10.7. The number of para-hydroxylation sites is 1. The molecule has 0 spiro atoms. The van der Waals surface area contributed by atoms with Gasteiger partial charge in [0.15, 0.2) is 0 Å². The van der Waals surface area contributed by atoms with Crippen LogP contribution in [0.2, 0.25) is 5.02 Å². The van der Waals surface area contributed by atoms with E-state index in [1.54, 1.807) is 11.8 Å². The second-order valence-electron chi connectivity index (χ2n) is 6.51. The van der Waals surface area contributed by atoms with Gasteiger partial charge in [0.05, 0.1) is 22.8 Å². The molecule has 1 aliphatic heterocycles. The van der Waals surface area contributed by atoms with Gasteiger partial charge in [0.1, 0.15) is 18.5 Å². The molecule has 0 saturated heterocycles. The maximum atomic E-state index is 10.7. The fourth-order valence-electron chi connectivity index (χ4n) is 3.12. The van der Waals surface area contributed by atoms with Crippen LogP contribution in [0.5, 0.6) is 5.75 Å². The number of hydrogen-bond acceptors (Lipinski definition) is 6. The molecule has 1 atom stereocenters. The molecule has 148 valence electrons. The van der Waals surface area contributed by atoms with Crippen LogP contribution in [0.3, 0.4) is 0 Å². The van der Waals surface area contributed by atoms with Crippen LogP contribution in [-0.4, -0.2) is 29.3 Å². The van der Waals surface area contributed by atoms with Gasteiger partial charge in [-0.3, -0.25) is 10.1 Å². The van der Waals surface area contributed by atoms with Gasteiger partial charge >= 0.3 is 0 Å². The van der Waals surface area contributed by atoms with Crippen molar-refractivity contribution < 1.29 is 14.8 Å². The molecule has 1 heterocycles. The topological polar surface area (TPSA) is 75.8 Å². The normalized spacial score (nSPS) is 13.4. The van der Waals surface area contributed by atoms with Crippen LogP contribution in [0.25, 0.3) is 0 Å². The second-order valence-corrected chi connectivity index (χ2v) is 8.03. The zero-order valence-corrected chi connectivity index (χ0v) is 16.8. The van der Waals surface area contributed by atoms with Crippen molar-refractivity contribution in [3.05, 3.63) is 81.9 Å². The Morgan fingerprint density at radius 1 is 1.07 bits per heavy atom. The summed E-state index contributed by atoms with van der Waals surface area (Å²) in [5.74, 6) is 0.465. The Labute approximate surface area is 176 Å². The lowest BCUT2D eigenvalue weighted by atomic mass is 10.2. The van der Waals surface area contributed by atoms with E-state index in [-0.39, 0.29) is 12.3 Å². The van der Waals surface area contributed by atoms with Crippen LogP contribution >= 0.6 is 23.4 Å². The third-order valence-corrected chi connectivity index (χ3v) is 5.84. The highest BCUT2D eigenvalue weighted by Crippen LogP contribution is 2.48. The molecule has 3 aromatic rings. The molecule has 0 aromatic heterocycles. The van der Waals surface area contributed by atoms with E-state index in [1.165, 1.54) is 24.3 Å². The number of rotatable bonds is 6. The summed E-state index contributed by atoms with van der Waals surface area (Å²) >= 11 is 7.88. The van der Waals surface area contributed by atoms with Crippen molar-refractivity contribution in [2.75, 3.05) is 18.1 Å². The first-order chi connectivity index (χ1) is 14.0. The fourth-order valence-corrected chi connectivity index (χ4v) is 4.36. The number of benzene rings is 3. The molecule has 1 unspecified atom stereocenters. The van der Waals surface area contributed by atoms with Gasteiger partial charge in [-0.05, 0) is 42.5 Å². The third kappa shape index (κ3) is 4.32. The van der Waals surface area contributed by atoms with E-state index in [0.29, 0.717) is 17.3 Å². The molecule has 3 aromatic carbocycles. The molecule has 0 fully saturated rings. The summed E-state index contributed by atoms with van der Waals surface area (Å²) in [7, 11) is 0. The van der Waals surface area contributed by atoms with E-state index in [1.807, 2.05) is 47.4 Å². The average Bonchev–Trinajstić information content (AvgIpc) is 2.73. The van der Waals surface area contributed by atoms with Gasteiger partial charge in [-0.2, -0.15) is 0 Å². The van der Waals surface area contributed by atoms with Crippen molar-refractivity contribution in [3.8, 4) is 5.75 Å². The highest BCUT2D eigenvalue weighted by Gasteiger charge is 2.25. The smallest absolute Gasteiger partial charge is 0.269 e. The number of nitro groups is 1. The number of hydrogen-bond donors (Lipinski definition) is 1. The number of non-ortho nitro benzene ring substituents is 1. The third-order valence-electron chi connectivity index (χ3n) is 4.47. The Morgan fingerprint density at radius 2 is 1.79 bits per heavy atom. The van der Waals surface area contributed by atoms with E-state index in [9.17, 15) is 15.2 Å². The minimum Gasteiger partial charge on any atom is -0.491 e. The van der Waals surface area contributed by atoms with Crippen LogP contribution in [0.15, 0.2) is 76.5 Å². The molecule has 0 radical (unpaired) electrons. The number of halogens is 1. The number of nitro benzene ring substituents is 1. The first kappa shape index (κ1) is 19.6. The first-order valence-electron chi connectivity index (χ1n) is 8.90. The number of nitrogens with zero attached hydrogens (tertiary/aromatic N) is 2. The highest BCUT2D eigenvalue weighted by atomic mass is 35.5. The van der Waals surface area contributed by atoms with Crippen LogP contribution in [0.1, 0.15) is 0 Å². The summed E-state index contributed by atoms with van der Waals surface area (Å²) < 4.78 is 5.61. The quantitative estimate of drug-likeness (QED) is 0.424. The predicted octanol–water partition coefficient (Wildman–Crippen LogP) is 5.29.